The minimum Gasteiger partial charge on any atom is -0.187 e. The molecule has 0 rings (SSSR count). The van der Waals surface area contributed by atoms with E-state index in [0.717, 1.165) is 38.5 Å². The van der Waals surface area contributed by atoms with Crippen molar-refractivity contribution in [3.8, 4) is 0 Å². The Morgan fingerprint density at radius 3 is 0.864 bits per heavy atom. The minimum atomic E-state index is 0.00568. The van der Waals surface area contributed by atoms with Crippen LogP contribution in [0.1, 0.15) is 108 Å². The lowest BCUT2D eigenvalue weighted by Gasteiger charge is -2.37. The summed E-state index contributed by atoms with van der Waals surface area (Å²) in [4.78, 5) is 0. The van der Waals surface area contributed by atoms with E-state index in [2.05, 4.69) is 69.2 Å². The van der Waals surface area contributed by atoms with Crippen molar-refractivity contribution in [2.45, 2.75) is 119 Å². The maximum Gasteiger partial charge on any atom is 0.0816 e. The first kappa shape index (κ1) is 21.6. The number of azo groups is 1. The molecule has 0 aromatic heterocycles. The number of nitrogens with zero attached hydrogens (tertiary/aromatic N) is 2. The highest BCUT2D eigenvalue weighted by atomic mass is 15.2. The minimum absolute atomic E-state index is 0.00568. The first-order valence-electron chi connectivity index (χ1n) is 9.30. The molecule has 22 heavy (non-hydrogen) atoms. The Kier molecular flexibility index (Phi) is 7.78. The van der Waals surface area contributed by atoms with Gasteiger partial charge in [-0.05, 0) is 49.4 Å². The first-order valence-corrected chi connectivity index (χ1v) is 9.30. The van der Waals surface area contributed by atoms with Crippen LogP contribution in [0.3, 0.4) is 0 Å². The van der Waals surface area contributed by atoms with Gasteiger partial charge in [0.05, 0.1) is 11.1 Å². The van der Waals surface area contributed by atoms with Crippen molar-refractivity contribution in [3.05, 3.63) is 0 Å². The van der Waals surface area contributed by atoms with Gasteiger partial charge in [-0.25, -0.2) is 0 Å². The third-order valence-electron chi connectivity index (χ3n) is 4.83. The molecule has 0 aromatic carbocycles. The van der Waals surface area contributed by atoms with Crippen molar-refractivity contribution in [1.29, 1.82) is 0 Å². The Morgan fingerprint density at radius 2 is 0.727 bits per heavy atom. The summed E-state index contributed by atoms with van der Waals surface area (Å²) in [6.45, 7) is 22.9. The van der Waals surface area contributed by atoms with Crippen LogP contribution < -0.4 is 0 Å². The molecule has 0 N–H and O–H groups in total. The van der Waals surface area contributed by atoms with Crippen molar-refractivity contribution < 1.29 is 0 Å². The lowest BCUT2D eigenvalue weighted by atomic mass is 9.76. The van der Waals surface area contributed by atoms with E-state index in [1.165, 1.54) is 0 Å². The Morgan fingerprint density at radius 1 is 0.500 bits per heavy atom. The first-order chi connectivity index (χ1) is 9.86. The highest BCUT2D eigenvalue weighted by Gasteiger charge is 2.35. The molecule has 0 aliphatic carbocycles. The van der Waals surface area contributed by atoms with Gasteiger partial charge in [-0.3, -0.25) is 0 Å². The second-order valence-corrected chi connectivity index (χ2v) is 9.54. The van der Waals surface area contributed by atoms with E-state index in [-0.39, 0.29) is 21.9 Å². The summed E-state index contributed by atoms with van der Waals surface area (Å²) < 4.78 is 0. The molecule has 0 bridgehead atoms. The van der Waals surface area contributed by atoms with E-state index in [1.54, 1.807) is 0 Å². The largest absolute Gasteiger partial charge is 0.187 e. The van der Waals surface area contributed by atoms with Gasteiger partial charge >= 0.3 is 0 Å². The van der Waals surface area contributed by atoms with Crippen molar-refractivity contribution in [1.82, 2.24) is 0 Å². The number of rotatable bonds is 8. The Balaban J connectivity index is 5.50. The molecule has 0 heterocycles. The third kappa shape index (κ3) is 7.24. The van der Waals surface area contributed by atoms with Crippen molar-refractivity contribution in [3.63, 3.8) is 0 Å². The molecule has 0 saturated heterocycles. The highest BCUT2D eigenvalue weighted by Crippen LogP contribution is 2.39. The van der Waals surface area contributed by atoms with Gasteiger partial charge in [0, 0.05) is 0 Å². The molecule has 0 atom stereocenters. The molecule has 2 nitrogen and oxygen atoms in total. The summed E-state index contributed by atoms with van der Waals surface area (Å²) in [5.41, 5.74) is 0.587. The second kappa shape index (κ2) is 7.93. The molecule has 0 fully saturated rings. The number of hydrogen-bond acceptors (Lipinski definition) is 2. The van der Waals surface area contributed by atoms with Crippen LogP contribution in [-0.4, -0.2) is 11.1 Å². The number of hydrogen-bond donors (Lipinski definition) is 0. The summed E-state index contributed by atoms with van der Waals surface area (Å²) in [6, 6.07) is 0. The zero-order valence-corrected chi connectivity index (χ0v) is 17.1. The monoisotopic (exact) mass is 310 g/mol. The predicted molar refractivity (Wildman–Crippen MR) is 99.6 cm³/mol. The van der Waals surface area contributed by atoms with Gasteiger partial charge in [-0.1, -0.05) is 69.2 Å². The maximum atomic E-state index is 5.00. The Bertz CT molecular complexity index is 300. The highest BCUT2D eigenvalue weighted by molar-refractivity contribution is 4.93. The van der Waals surface area contributed by atoms with Gasteiger partial charge < -0.3 is 0 Å². The van der Waals surface area contributed by atoms with E-state index in [1.807, 2.05) is 0 Å². The predicted octanol–water partition coefficient (Wildman–Crippen LogP) is 7.43. The summed E-state index contributed by atoms with van der Waals surface area (Å²) in [5.74, 6) is 0. The molecular weight excluding hydrogens is 268 g/mol. The lowest BCUT2D eigenvalue weighted by Crippen LogP contribution is -2.34. The van der Waals surface area contributed by atoms with Gasteiger partial charge in [0.25, 0.3) is 0 Å². The van der Waals surface area contributed by atoms with Gasteiger partial charge in [-0.15, -0.1) is 0 Å². The average Bonchev–Trinajstić information content (AvgIpc) is 2.39. The van der Waals surface area contributed by atoms with E-state index >= 15 is 0 Å². The van der Waals surface area contributed by atoms with Crippen LogP contribution in [0.2, 0.25) is 0 Å². The normalized spacial score (nSPS) is 14.8. The second-order valence-electron chi connectivity index (χ2n) is 9.54. The molecule has 0 aliphatic rings. The van der Waals surface area contributed by atoms with Crippen molar-refractivity contribution >= 4 is 0 Å². The third-order valence-corrected chi connectivity index (χ3v) is 4.83. The van der Waals surface area contributed by atoms with Crippen LogP contribution >= 0.6 is 0 Å². The van der Waals surface area contributed by atoms with Crippen LogP contribution in [0.4, 0.5) is 0 Å². The van der Waals surface area contributed by atoms with Gasteiger partial charge in [0.2, 0.25) is 0 Å². The van der Waals surface area contributed by atoms with Gasteiger partial charge in [0.1, 0.15) is 0 Å². The van der Waals surface area contributed by atoms with Gasteiger partial charge in [-0.2, -0.15) is 10.2 Å². The fourth-order valence-corrected chi connectivity index (χ4v) is 3.54. The summed E-state index contributed by atoms with van der Waals surface area (Å²) in [6.07, 6.45) is 6.50. The molecule has 0 saturated carbocycles. The molecule has 2 heteroatoms. The SMILES string of the molecule is CCC(CC)(CC(C)(C)C)N=NC(CC)(CC)CC(C)(C)C. The topological polar surface area (TPSA) is 24.7 Å². The van der Waals surface area contributed by atoms with E-state index < -0.39 is 0 Å². The summed E-state index contributed by atoms with van der Waals surface area (Å²) in [5, 5.41) is 10.0. The standard InChI is InChI=1S/C20H42N2/c1-11-19(12-2,15-17(5,6)7)21-22-20(13-3,14-4)16-18(8,9)10/h11-16H2,1-10H3. The zero-order valence-electron chi connectivity index (χ0n) is 17.1. The van der Waals surface area contributed by atoms with Crippen LogP contribution in [0.15, 0.2) is 10.2 Å². The van der Waals surface area contributed by atoms with E-state index in [9.17, 15) is 0 Å². The fourth-order valence-electron chi connectivity index (χ4n) is 3.54. The van der Waals surface area contributed by atoms with Crippen molar-refractivity contribution in [2.75, 3.05) is 0 Å². The zero-order chi connectivity index (χ0) is 17.7. The Hall–Kier alpha value is -0.400. The lowest BCUT2D eigenvalue weighted by molar-refractivity contribution is 0.199. The Labute approximate surface area is 140 Å². The quantitative estimate of drug-likeness (QED) is 0.416. The molecule has 132 valence electrons. The summed E-state index contributed by atoms with van der Waals surface area (Å²) >= 11 is 0. The molecule has 0 radical (unpaired) electrons. The fraction of sp³-hybridized carbons (Fsp3) is 1.00. The van der Waals surface area contributed by atoms with Gasteiger partial charge in [0.15, 0.2) is 0 Å². The van der Waals surface area contributed by atoms with Crippen LogP contribution in [-0.2, 0) is 0 Å². The van der Waals surface area contributed by atoms with Crippen LogP contribution in [0.25, 0.3) is 0 Å². The molecule has 0 aliphatic heterocycles. The van der Waals surface area contributed by atoms with Crippen molar-refractivity contribution in [2.24, 2.45) is 21.1 Å². The van der Waals surface area contributed by atoms with Crippen LogP contribution in [0, 0.1) is 10.8 Å². The maximum absolute atomic E-state index is 5.00. The molecule has 0 unspecified atom stereocenters. The smallest absolute Gasteiger partial charge is 0.0816 e. The average molecular weight is 311 g/mol. The molecule has 0 amide bonds. The molecular formula is C20H42N2. The van der Waals surface area contributed by atoms with Crippen LogP contribution in [0.5, 0.6) is 0 Å². The molecule has 0 spiro atoms. The van der Waals surface area contributed by atoms with E-state index in [0.29, 0.717) is 0 Å². The molecule has 0 aromatic rings. The summed E-state index contributed by atoms with van der Waals surface area (Å²) in [7, 11) is 0. The van der Waals surface area contributed by atoms with E-state index in [4.69, 9.17) is 10.2 Å².